The fourth-order valence-electron chi connectivity index (χ4n) is 2.72. The Morgan fingerprint density at radius 3 is 2.95 bits per heavy atom. The average molecular weight is 291 g/mol. The van der Waals surface area contributed by atoms with Gasteiger partial charge in [0.25, 0.3) is 0 Å². The summed E-state index contributed by atoms with van der Waals surface area (Å²) in [6.45, 7) is 4.41. The number of amides is 2. The molecule has 0 aromatic carbocycles. The molecule has 0 radical (unpaired) electrons. The minimum Gasteiger partial charge on any atom is -0.480 e. The minimum atomic E-state index is -1.11. The van der Waals surface area contributed by atoms with Gasteiger partial charge in [-0.05, 0) is 37.8 Å². The number of aryl methyl sites for hydroxylation is 1. The zero-order valence-electron chi connectivity index (χ0n) is 12.4. The van der Waals surface area contributed by atoms with E-state index in [1.165, 1.54) is 4.90 Å². The Bertz CT molecular complexity index is 547. The van der Waals surface area contributed by atoms with Gasteiger partial charge in [0, 0.05) is 12.7 Å². The van der Waals surface area contributed by atoms with E-state index in [9.17, 15) is 14.7 Å². The van der Waals surface area contributed by atoms with Gasteiger partial charge in [0.2, 0.25) is 0 Å². The number of urea groups is 1. The lowest BCUT2D eigenvalue weighted by molar-refractivity contribution is -0.147. The molecule has 1 unspecified atom stereocenters. The van der Waals surface area contributed by atoms with Crippen LogP contribution in [0.4, 0.5) is 4.79 Å². The molecule has 2 N–H and O–H groups in total. The Balaban J connectivity index is 2.03. The third kappa shape index (κ3) is 2.99. The van der Waals surface area contributed by atoms with Gasteiger partial charge in [0.1, 0.15) is 5.54 Å². The van der Waals surface area contributed by atoms with Crippen LogP contribution in [0.15, 0.2) is 18.3 Å². The fraction of sp³-hybridized carbons (Fsp3) is 0.533. The molecule has 114 valence electrons. The number of nitrogens with zero attached hydrogens (tertiary/aromatic N) is 2. The highest BCUT2D eigenvalue weighted by atomic mass is 16.4. The van der Waals surface area contributed by atoms with Gasteiger partial charge in [0.05, 0.1) is 12.2 Å². The van der Waals surface area contributed by atoms with Crippen LogP contribution in [0.3, 0.4) is 0 Å². The van der Waals surface area contributed by atoms with Crippen LogP contribution in [-0.4, -0.2) is 39.1 Å². The average Bonchev–Trinajstić information content (AvgIpc) is 2.88. The van der Waals surface area contributed by atoms with Gasteiger partial charge < -0.3 is 15.3 Å². The number of rotatable bonds is 4. The first-order valence-corrected chi connectivity index (χ1v) is 7.20. The number of carboxylic acid groups (broad SMARTS) is 1. The summed E-state index contributed by atoms with van der Waals surface area (Å²) in [5.41, 5.74) is 0.798. The van der Waals surface area contributed by atoms with Crippen molar-refractivity contribution in [2.75, 3.05) is 6.54 Å². The number of likely N-dealkylation sites (tertiary alicyclic amines) is 1. The Kier molecular flexibility index (Phi) is 4.45. The molecule has 0 bridgehead atoms. The Morgan fingerprint density at radius 1 is 1.52 bits per heavy atom. The van der Waals surface area contributed by atoms with Crippen molar-refractivity contribution in [1.82, 2.24) is 15.2 Å². The van der Waals surface area contributed by atoms with Crippen molar-refractivity contribution in [3.63, 3.8) is 0 Å². The van der Waals surface area contributed by atoms with Crippen LogP contribution in [0, 0.1) is 0 Å². The minimum absolute atomic E-state index is 0.315. The largest absolute Gasteiger partial charge is 0.480 e. The zero-order valence-corrected chi connectivity index (χ0v) is 12.4. The summed E-state index contributed by atoms with van der Waals surface area (Å²) in [4.78, 5) is 29.3. The summed E-state index contributed by atoms with van der Waals surface area (Å²) in [6.07, 6.45) is 3.73. The Labute approximate surface area is 124 Å². The molecule has 0 saturated carbocycles. The van der Waals surface area contributed by atoms with E-state index in [2.05, 4.69) is 10.3 Å². The van der Waals surface area contributed by atoms with Crippen molar-refractivity contribution in [1.29, 1.82) is 0 Å². The van der Waals surface area contributed by atoms with Crippen LogP contribution < -0.4 is 5.32 Å². The molecule has 1 saturated heterocycles. The van der Waals surface area contributed by atoms with Crippen LogP contribution in [0.25, 0.3) is 0 Å². The van der Waals surface area contributed by atoms with Gasteiger partial charge >= 0.3 is 12.0 Å². The number of aromatic nitrogens is 1. The molecule has 0 aliphatic carbocycles. The normalized spacial score (nSPS) is 21.3. The Morgan fingerprint density at radius 2 is 2.29 bits per heavy atom. The molecule has 1 aromatic rings. The monoisotopic (exact) mass is 291 g/mol. The Hall–Kier alpha value is -2.11. The maximum Gasteiger partial charge on any atom is 0.329 e. The van der Waals surface area contributed by atoms with E-state index >= 15 is 0 Å². The van der Waals surface area contributed by atoms with Gasteiger partial charge in [-0.25, -0.2) is 9.59 Å². The maximum atomic E-state index is 12.3. The highest BCUT2D eigenvalue weighted by Crippen LogP contribution is 2.29. The van der Waals surface area contributed by atoms with Crippen LogP contribution in [0.5, 0.6) is 0 Å². The molecular formula is C15H21N3O3. The fourth-order valence-corrected chi connectivity index (χ4v) is 2.72. The van der Waals surface area contributed by atoms with Crippen molar-refractivity contribution in [3.8, 4) is 0 Å². The molecular weight excluding hydrogens is 270 g/mol. The first-order valence-electron chi connectivity index (χ1n) is 7.20. The van der Waals surface area contributed by atoms with Crippen molar-refractivity contribution in [2.24, 2.45) is 0 Å². The second-order valence-corrected chi connectivity index (χ2v) is 5.46. The molecule has 0 spiro atoms. The van der Waals surface area contributed by atoms with Gasteiger partial charge in [-0.15, -0.1) is 0 Å². The summed E-state index contributed by atoms with van der Waals surface area (Å²) in [7, 11) is 0. The lowest BCUT2D eigenvalue weighted by Crippen LogP contribution is -2.54. The SMILES string of the molecule is CCc1cccnc1CNC(=O)N1CCCC1(C)C(=O)O. The van der Waals surface area contributed by atoms with Crippen molar-refractivity contribution in [3.05, 3.63) is 29.6 Å². The molecule has 21 heavy (non-hydrogen) atoms. The standard InChI is InChI=1S/C15H21N3O3/c1-3-11-6-4-8-16-12(11)10-17-14(21)18-9-5-7-15(18,2)13(19)20/h4,6,8H,3,5,7,9-10H2,1-2H3,(H,17,21)(H,19,20). The topological polar surface area (TPSA) is 82.5 Å². The van der Waals surface area contributed by atoms with Crippen LogP contribution in [0.1, 0.15) is 37.9 Å². The van der Waals surface area contributed by atoms with Gasteiger partial charge in [-0.1, -0.05) is 13.0 Å². The molecule has 1 aromatic heterocycles. The molecule has 2 rings (SSSR count). The van der Waals surface area contributed by atoms with Crippen LogP contribution in [0.2, 0.25) is 0 Å². The van der Waals surface area contributed by atoms with E-state index < -0.39 is 11.5 Å². The number of aliphatic carboxylic acids is 1. The van der Waals surface area contributed by atoms with Crippen LogP contribution in [-0.2, 0) is 17.8 Å². The quantitative estimate of drug-likeness (QED) is 0.886. The molecule has 2 amide bonds. The number of hydrogen-bond acceptors (Lipinski definition) is 3. The number of carbonyl (C=O) groups excluding carboxylic acids is 1. The summed E-state index contributed by atoms with van der Waals surface area (Å²) in [5.74, 6) is -0.956. The van der Waals surface area contributed by atoms with Gasteiger partial charge in [-0.3, -0.25) is 4.98 Å². The van der Waals surface area contributed by atoms with Crippen molar-refractivity contribution >= 4 is 12.0 Å². The van der Waals surface area contributed by atoms with E-state index in [0.29, 0.717) is 25.9 Å². The van der Waals surface area contributed by atoms with E-state index in [4.69, 9.17) is 0 Å². The number of pyridine rings is 1. The van der Waals surface area contributed by atoms with E-state index in [-0.39, 0.29) is 6.03 Å². The number of nitrogens with one attached hydrogen (secondary N) is 1. The second-order valence-electron chi connectivity index (χ2n) is 5.46. The highest BCUT2D eigenvalue weighted by Gasteiger charge is 2.45. The summed E-state index contributed by atoms with van der Waals surface area (Å²) < 4.78 is 0. The predicted octanol–water partition coefficient (Wildman–Crippen LogP) is 1.79. The molecule has 1 aliphatic rings. The predicted molar refractivity (Wildman–Crippen MR) is 77.8 cm³/mol. The van der Waals surface area contributed by atoms with Crippen molar-refractivity contribution in [2.45, 2.75) is 45.2 Å². The van der Waals surface area contributed by atoms with Gasteiger partial charge in [0.15, 0.2) is 0 Å². The third-order valence-electron chi connectivity index (χ3n) is 4.12. The number of carbonyl (C=O) groups is 2. The smallest absolute Gasteiger partial charge is 0.329 e. The zero-order chi connectivity index (χ0) is 15.5. The van der Waals surface area contributed by atoms with E-state index in [1.54, 1.807) is 13.1 Å². The van der Waals surface area contributed by atoms with E-state index in [1.807, 2.05) is 19.1 Å². The van der Waals surface area contributed by atoms with Crippen LogP contribution >= 0.6 is 0 Å². The highest BCUT2D eigenvalue weighted by molar-refractivity contribution is 5.86. The molecule has 1 aliphatic heterocycles. The number of carboxylic acids is 1. The maximum absolute atomic E-state index is 12.3. The molecule has 1 fully saturated rings. The first-order chi connectivity index (χ1) is 9.99. The third-order valence-corrected chi connectivity index (χ3v) is 4.12. The summed E-state index contributed by atoms with van der Waals surface area (Å²) >= 11 is 0. The van der Waals surface area contributed by atoms with Crippen molar-refractivity contribution < 1.29 is 14.7 Å². The van der Waals surface area contributed by atoms with Gasteiger partial charge in [-0.2, -0.15) is 0 Å². The lowest BCUT2D eigenvalue weighted by Gasteiger charge is -2.31. The molecule has 6 heteroatoms. The molecule has 1 atom stereocenters. The summed E-state index contributed by atoms with van der Waals surface area (Å²) in [6, 6.07) is 3.50. The van der Waals surface area contributed by atoms with E-state index in [0.717, 1.165) is 17.7 Å². The second kappa shape index (κ2) is 6.11. The summed E-state index contributed by atoms with van der Waals surface area (Å²) in [5, 5.41) is 12.1. The molecule has 6 nitrogen and oxygen atoms in total. The lowest BCUT2D eigenvalue weighted by atomic mass is 10.00. The number of hydrogen-bond donors (Lipinski definition) is 2. The first kappa shape index (κ1) is 15.3. The molecule has 2 heterocycles.